The van der Waals surface area contributed by atoms with Crippen LogP contribution in [0.2, 0.25) is 5.15 Å². The summed E-state index contributed by atoms with van der Waals surface area (Å²) < 4.78 is 6.08. The molecule has 0 N–H and O–H groups in total. The number of nitrogens with zero attached hydrogens (tertiary/aromatic N) is 2. The maximum atomic E-state index is 6.08. The van der Waals surface area contributed by atoms with Crippen LogP contribution in [0.5, 0.6) is 5.88 Å². The zero-order chi connectivity index (χ0) is 12.0. The smallest absolute Gasteiger partial charge is 0.219 e. The lowest BCUT2D eigenvalue weighted by atomic mass is 10.1. The molecule has 4 heteroatoms. The molecule has 1 aliphatic carbocycles. The van der Waals surface area contributed by atoms with Crippen molar-refractivity contribution < 1.29 is 4.74 Å². The molecule has 2 heterocycles. The zero-order valence-electron chi connectivity index (χ0n) is 10.2. The molecule has 17 heavy (non-hydrogen) atoms. The Hall–Kier alpha value is -0.800. The molecule has 1 atom stereocenters. The van der Waals surface area contributed by atoms with E-state index < -0.39 is 0 Å². The molecule has 0 spiro atoms. The van der Waals surface area contributed by atoms with Gasteiger partial charge in [-0.3, -0.25) is 4.90 Å². The fraction of sp³-hybridized carbons (Fsp3) is 0.615. The van der Waals surface area contributed by atoms with E-state index in [4.69, 9.17) is 16.3 Å². The second kappa shape index (κ2) is 4.14. The molecule has 1 saturated carbocycles. The highest BCUT2D eigenvalue weighted by atomic mass is 35.5. The number of hydrogen-bond acceptors (Lipinski definition) is 3. The van der Waals surface area contributed by atoms with Gasteiger partial charge in [0.2, 0.25) is 5.88 Å². The van der Waals surface area contributed by atoms with Crippen molar-refractivity contribution in [1.29, 1.82) is 0 Å². The lowest BCUT2D eigenvalue weighted by Crippen LogP contribution is -2.31. The van der Waals surface area contributed by atoms with Crippen LogP contribution in [0.3, 0.4) is 0 Å². The number of halogens is 1. The minimum Gasteiger partial charge on any atom is -0.472 e. The number of fused-ring (bicyclic) bond motifs is 1. The van der Waals surface area contributed by atoms with Gasteiger partial charge in [0.05, 0.1) is 0 Å². The Morgan fingerprint density at radius 2 is 2.24 bits per heavy atom. The second-order valence-electron chi connectivity index (χ2n) is 5.24. The molecular weight excluding hydrogens is 236 g/mol. The summed E-state index contributed by atoms with van der Waals surface area (Å²) in [6, 6.07) is 1.91. The van der Waals surface area contributed by atoms with Crippen molar-refractivity contribution in [2.45, 2.75) is 32.4 Å². The molecule has 3 rings (SSSR count). The highest BCUT2D eigenvalue weighted by Crippen LogP contribution is 2.38. The van der Waals surface area contributed by atoms with Crippen molar-refractivity contribution in [1.82, 2.24) is 9.88 Å². The number of ether oxygens (including phenoxy) is 1. The molecular formula is C13H17ClN2O. The first-order valence-electron chi connectivity index (χ1n) is 6.14. The van der Waals surface area contributed by atoms with Crippen LogP contribution in [0.15, 0.2) is 6.07 Å². The number of hydrogen-bond donors (Lipinski definition) is 0. The maximum Gasteiger partial charge on any atom is 0.219 e. The Morgan fingerprint density at radius 1 is 1.47 bits per heavy atom. The topological polar surface area (TPSA) is 25.4 Å². The zero-order valence-corrected chi connectivity index (χ0v) is 11.0. The molecule has 0 radical (unpaired) electrons. The van der Waals surface area contributed by atoms with Crippen LogP contribution in [0.4, 0.5) is 0 Å². The quantitative estimate of drug-likeness (QED) is 0.719. The lowest BCUT2D eigenvalue weighted by molar-refractivity contribution is 0.138. The highest BCUT2D eigenvalue weighted by molar-refractivity contribution is 6.29. The first kappa shape index (κ1) is 11.3. The summed E-state index contributed by atoms with van der Waals surface area (Å²) in [4.78, 5) is 6.66. The van der Waals surface area contributed by atoms with E-state index in [1.807, 2.05) is 6.07 Å². The minimum atomic E-state index is 0.284. The summed E-state index contributed by atoms with van der Waals surface area (Å²) >= 11 is 6.01. The molecule has 3 nitrogen and oxygen atoms in total. The maximum absolute atomic E-state index is 6.08. The Morgan fingerprint density at radius 3 is 2.94 bits per heavy atom. The van der Waals surface area contributed by atoms with Crippen molar-refractivity contribution in [3.05, 3.63) is 22.3 Å². The third-order valence-corrected chi connectivity index (χ3v) is 3.80. The normalized spacial score (nSPS) is 25.0. The number of rotatable bonds is 1. The van der Waals surface area contributed by atoms with Crippen molar-refractivity contribution in [3.63, 3.8) is 0 Å². The first-order chi connectivity index (χ1) is 8.13. The molecule has 92 valence electrons. The summed E-state index contributed by atoms with van der Waals surface area (Å²) in [6.07, 6.45) is 2.85. The molecule has 1 unspecified atom stereocenters. The average Bonchev–Trinajstić information content (AvgIpc) is 3.03. The van der Waals surface area contributed by atoms with Crippen molar-refractivity contribution >= 4 is 11.6 Å². The van der Waals surface area contributed by atoms with Gasteiger partial charge in [-0.2, -0.15) is 0 Å². The number of aromatic nitrogens is 1. The number of pyridine rings is 1. The summed E-state index contributed by atoms with van der Waals surface area (Å²) in [5.41, 5.74) is 2.35. The minimum absolute atomic E-state index is 0.284. The number of aryl methyl sites for hydroxylation is 1. The van der Waals surface area contributed by atoms with Crippen molar-refractivity contribution in [2.24, 2.45) is 5.92 Å². The van der Waals surface area contributed by atoms with Crippen LogP contribution in [-0.2, 0) is 6.54 Å². The molecule has 1 aromatic rings. The van der Waals surface area contributed by atoms with Crippen LogP contribution in [-0.4, -0.2) is 29.6 Å². The van der Waals surface area contributed by atoms with Crippen LogP contribution < -0.4 is 4.74 Å². The third-order valence-electron chi connectivity index (χ3n) is 3.61. The monoisotopic (exact) mass is 252 g/mol. The molecule has 2 aliphatic rings. The molecule has 0 amide bonds. The predicted octanol–water partition coefficient (Wildman–Crippen LogP) is 2.65. The van der Waals surface area contributed by atoms with Gasteiger partial charge in [0.25, 0.3) is 0 Å². The van der Waals surface area contributed by atoms with Gasteiger partial charge in [-0.05, 0) is 44.4 Å². The summed E-state index contributed by atoms with van der Waals surface area (Å²) in [5, 5.41) is 0.528. The molecule has 1 aliphatic heterocycles. The SMILES string of the molecule is Cc1cc(Cl)nc2c1CN(C)CC(C1CC1)O2. The lowest BCUT2D eigenvalue weighted by Gasteiger charge is -2.19. The third kappa shape index (κ3) is 2.26. The van der Waals surface area contributed by atoms with Gasteiger partial charge in [0, 0.05) is 18.7 Å². The molecule has 1 fully saturated rings. The van der Waals surface area contributed by atoms with E-state index in [9.17, 15) is 0 Å². The van der Waals surface area contributed by atoms with Crippen molar-refractivity contribution in [2.75, 3.05) is 13.6 Å². The Kier molecular flexibility index (Phi) is 2.75. The van der Waals surface area contributed by atoms with E-state index in [0.29, 0.717) is 11.1 Å². The van der Waals surface area contributed by atoms with E-state index in [1.54, 1.807) is 0 Å². The van der Waals surface area contributed by atoms with Crippen molar-refractivity contribution in [3.8, 4) is 5.88 Å². The molecule has 1 aromatic heterocycles. The van der Waals surface area contributed by atoms with E-state index in [0.717, 1.165) is 19.0 Å². The van der Waals surface area contributed by atoms with Crippen LogP contribution in [0.1, 0.15) is 24.0 Å². The fourth-order valence-electron chi connectivity index (χ4n) is 2.46. The standard InChI is InChI=1S/C13H17ClN2O/c1-8-5-12(14)15-13-10(8)6-16(2)7-11(17-13)9-3-4-9/h5,9,11H,3-4,6-7H2,1-2H3. The Labute approximate surface area is 107 Å². The van der Waals surface area contributed by atoms with Gasteiger partial charge >= 0.3 is 0 Å². The van der Waals surface area contributed by atoms with Gasteiger partial charge < -0.3 is 4.74 Å². The Bertz CT molecular complexity index is 445. The van der Waals surface area contributed by atoms with E-state index >= 15 is 0 Å². The first-order valence-corrected chi connectivity index (χ1v) is 6.52. The Balaban J connectivity index is 1.98. The van der Waals surface area contributed by atoms with Crippen LogP contribution in [0, 0.1) is 12.8 Å². The largest absolute Gasteiger partial charge is 0.472 e. The van der Waals surface area contributed by atoms with Crippen LogP contribution in [0.25, 0.3) is 0 Å². The summed E-state index contributed by atoms with van der Waals surface area (Å²) in [5.74, 6) is 1.46. The molecule has 0 bridgehead atoms. The predicted molar refractivity (Wildman–Crippen MR) is 67.5 cm³/mol. The van der Waals surface area contributed by atoms with Crippen LogP contribution >= 0.6 is 11.6 Å². The van der Waals surface area contributed by atoms with Gasteiger partial charge in [0.15, 0.2) is 0 Å². The highest BCUT2D eigenvalue weighted by Gasteiger charge is 2.36. The van der Waals surface area contributed by atoms with E-state index in [2.05, 4.69) is 23.9 Å². The fourth-order valence-corrected chi connectivity index (χ4v) is 2.70. The molecule has 0 saturated heterocycles. The van der Waals surface area contributed by atoms with Gasteiger partial charge in [0.1, 0.15) is 11.3 Å². The van der Waals surface area contributed by atoms with E-state index in [1.165, 1.54) is 24.0 Å². The van der Waals surface area contributed by atoms with E-state index in [-0.39, 0.29) is 6.10 Å². The van der Waals surface area contributed by atoms with Gasteiger partial charge in [-0.15, -0.1) is 0 Å². The summed E-state index contributed by atoms with van der Waals surface area (Å²) in [7, 11) is 2.14. The second-order valence-corrected chi connectivity index (χ2v) is 5.62. The average molecular weight is 253 g/mol. The molecule has 0 aromatic carbocycles. The number of likely N-dealkylation sites (N-methyl/N-ethyl adjacent to an activating group) is 1. The van der Waals surface area contributed by atoms with Gasteiger partial charge in [-0.1, -0.05) is 11.6 Å². The van der Waals surface area contributed by atoms with Gasteiger partial charge in [-0.25, -0.2) is 4.98 Å². The summed E-state index contributed by atoms with van der Waals surface area (Å²) in [6.45, 7) is 3.95.